The molecule has 4 nitrogen and oxygen atoms in total. The number of aryl methyl sites for hydroxylation is 1. The molecule has 5 heteroatoms. The molecule has 0 atom stereocenters. The molecule has 0 saturated heterocycles. The van der Waals surface area contributed by atoms with Gasteiger partial charge < -0.3 is 9.67 Å². The number of halogens is 1. The molecule has 0 aliphatic heterocycles. The van der Waals surface area contributed by atoms with E-state index in [0.717, 1.165) is 0 Å². The van der Waals surface area contributed by atoms with Crippen LogP contribution in [0.1, 0.15) is 16.2 Å². The Morgan fingerprint density at radius 1 is 1.73 bits per heavy atom. The molecule has 0 aliphatic rings. The highest BCUT2D eigenvalue weighted by Gasteiger charge is 2.10. The van der Waals surface area contributed by atoms with Crippen LogP contribution >= 0.6 is 12.4 Å². The monoisotopic (exact) mass is 176 g/mol. The molecule has 0 fully saturated rings. The number of hydrogen-bond acceptors (Lipinski definition) is 2. The fourth-order valence-electron chi connectivity index (χ4n) is 0.701. The van der Waals surface area contributed by atoms with E-state index >= 15 is 0 Å². The molecule has 0 aromatic carbocycles. The van der Waals surface area contributed by atoms with Gasteiger partial charge >= 0.3 is 5.97 Å². The largest absolute Gasteiger partial charge is 0.476 e. The van der Waals surface area contributed by atoms with Crippen LogP contribution in [0.3, 0.4) is 0 Å². The Morgan fingerprint density at radius 2 is 2.27 bits per heavy atom. The van der Waals surface area contributed by atoms with E-state index in [1.165, 1.54) is 6.33 Å². The first-order chi connectivity index (χ1) is 4.63. The van der Waals surface area contributed by atoms with Crippen LogP contribution in [0.4, 0.5) is 0 Å². The van der Waals surface area contributed by atoms with Gasteiger partial charge in [-0.3, -0.25) is 0 Å². The van der Waals surface area contributed by atoms with Crippen LogP contribution in [0.25, 0.3) is 0 Å². The van der Waals surface area contributed by atoms with Gasteiger partial charge in [0.2, 0.25) is 0 Å². The second-order valence-electron chi connectivity index (χ2n) is 2.09. The number of rotatable bonds is 1. The summed E-state index contributed by atoms with van der Waals surface area (Å²) in [7, 11) is 1.76. The minimum absolute atomic E-state index is 0. The van der Waals surface area contributed by atoms with E-state index in [1.807, 2.05) is 0 Å². The second kappa shape index (κ2) is 3.39. The molecule has 62 valence electrons. The van der Waals surface area contributed by atoms with Crippen LogP contribution in [0.5, 0.6) is 0 Å². The molecule has 1 heterocycles. The minimum atomic E-state index is -0.974. The van der Waals surface area contributed by atoms with Gasteiger partial charge in [0.1, 0.15) is 0 Å². The molecule has 1 aromatic heterocycles. The van der Waals surface area contributed by atoms with Crippen molar-refractivity contribution in [3.05, 3.63) is 17.7 Å². The molecule has 1 aromatic rings. The highest BCUT2D eigenvalue weighted by Crippen LogP contribution is 2.02. The number of carboxylic acids is 1. The lowest BCUT2D eigenvalue weighted by Gasteiger charge is -1.92. The lowest BCUT2D eigenvalue weighted by molar-refractivity contribution is 0.0690. The average Bonchev–Trinajstić information content (AvgIpc) is 2.14. The maximum absolute atomic E-state index is 10.4. The summed E-state index contributed by atoms with van der Waals surface area (Å²) in [5.74, 6) is -0.974. The summed E-state index contributed by atoms with van der Waals surface area (Å²) in [5, 5.41) is 8.50. The molecule has 1 rings (SSSR count). The van der Waals surface area contributed by atoms with Crippen molar-refractivity contribution < 1.29 is 9.90 Å². The van der Waals surface area contributed by atoms with Crippen LogP contribution in [-0.2, 0) is 7.05 Å². The summed E-state index contributed by atoms with van der Waals surface area (Å²) in [4.78, 5) is 14.0. The zero-order valence-corrected chi connectivity index (χ0v) is 7.05. The third-order valence-electron chi connectivity index (χ3n) is 1.43. The third kappa shape index (κ3) is 1.71. The van der Waals surface area contributed by atoms with Crippen LogP contribution in [-0.4, -0.2) is 20.6 Å². The van der Waals surface area contributed by atoms with Crippen molar-refractivity contribution >= 4 is 18.4 Å². The van der Waals surface area contributed by atoms with Gasteiger partial charge in [0.15, 0.2) is 5.69 Å². The molecule has 1 N–H and O–H groups in total. The summed E-state index contributed by atoms with van der Waals surface area (Å²) < 4.78 is 1.67. The van der Waals surface area contributed by atoms with Crippen LogP contribution in [0.2, 0.25) is 0 Å². The van der Waals surface area contributed by atoms with E-state index in [9.17, 15) is 4.79 Å². The van der Waals surface area contributed by atoms with E-state index in [0.29, 0.717) is 5.69 Å². The maximum Gasteiger partial charge on any atom is 0.356 e. The molecule has 0 spiro atoms. The fraction of sp³-hybridized carbons (Fsp3) is 0.333. The van der Waals surface area contributed by atoms with Crippen molar-refractivity contribution in [2.75, 3.05) is 0 Å². The summed E-state index contributed by atoms with van der Waals surface area (Å²) in [5.41, 5.74) is 0.801. The van der Waals surface area contributed by atoms with E-state index < -0.39 is 5.97 Å². The Labute approximate surface area is 70.3 Å². The second-order valence-corrected chi connectivity index (χ2v) is 2.09. The van der Waals surface area contributed by atoms with Gasteiger partial charge in [0.05, 0.1) is 6.33 Å². The molecule has 0 bridgehead atoms. The lowest BCUT2D eigenvalue weighted by Crippen LogP contribution is -2.00. The number of aromatic nitrogens is 2. The molecule has 0 unspecified atom stereocenters. The van der Waals surface area contributed by atoms with Crippen molar-refractivity contribution in [1.82, 2.24) is 9.55 Å². The van der Waals surface area contributed by atoms with E-state index in [2.05, 4.69) is 4.98 Å². The van der Waals surface area contributed by atoms with Gasteiger partial charge in [0, 0.05) is 12.7 Å². The summed E-state index contributed by atoms with van der Waals surface area (Å²) in [6.45, 7) is 1.72. The Hall–Kier alpha value is -1.03. The van der Waals surface area contributed by atoms with Gasteiger partial charge in [0.25, 0.3) is 0 Å². The predicted molar refractivity (Wildman–Crippen MR) is 42.2 cm³/mol. The molecule has 0 amide bonds. The molecule has 0 aliphatic carbocycles. The molecule has 11 heavy (non-hydrogen) atoms. The maximum atomic E-state index is 10.4. The number of carbonyl (C=O) groups is 1. The summed E-state index contributed by atoms with van der Waals surface area (Å²) in [6, 6.07) is 0. The topological polar surface area (TPSA) is 55.1 Å². The summed E-state index contributed by atoms with van der Waals surface area (Å²) in [6.07, 6.45) is 1.48. The fourth-order valence-corrected chi connectivity index (χ4v) is 0.701. The van der Waals surface area contributed by atoms with E-state index in [4.69, 9.17) is 5.11 Å². The van der Waals surface area contributed by atoms with Crippen molar-refractivity contribution in [2.24, 2.45) is 7.05 Å². The zero-order valence-electron chi connectivity index (χ0n) is 6.24. The zero-order chi connectivity index (χ0) is 7.72. The van der Waals surface area contributed by atoms with Crippen LogP contribution in [0.15, 0.2) is 6.33 Å². The smallest absolute Gasteiger partial charge is 0.356 e. The highest BCUT2D eigenvalue weighted by molar-refractivity contribution is 5.86. The number of imidazole rings is 1. The third-order valence-corrected chi connectivity index (χ3v) is 1.43. The standard InChI is InChI=1S/C6H8N2O2.ClH/c1-4-5(6(9)10)7-3-8(4)2;/h3H,1-2H3,(H,9,10);1H. The van der Waals surface area contributed by atoms with Crippen LogP contribution < -0.4 is 0 Å². The highest BCUT2D eigenvalue weighted by atomic mass is 35.5. The van der Waals surface area contributed by atoms with Crippen molar-refractivity contribution in [3.63, 3.8) is 0 Å². The van der Waals surface area contributed by atoms with Crippen molar-refractivity contribution in [2.45, 2.75) is 6.92 Å². The van der Waals surface area contributed by atoms with Gasteiger partial charge in [-0.1, -0.05) is 0 Å². The number of nitrogens with zero attached hydrogens (tertiary/aromatic N) is 2. The quantitative estimate of drug-likeness (QED) is 0.690. The SMILES string of the molecule is Cc1c(C(=O)O)ncn1C.Cl. The first kappa shape index (κ1) is 9.97. The van der Waals surface area contributed by atoms with Gasteiger partial charge in [-0.25, -0.2) is 9.78 Å². The average molecular weight is 177 g/mol. The molecular formula is C6H9ClN2O2. The lowest BCUT2D eigenvalue weighted by atomic mass is 10.3. The Kier molecular flexibility index (Phi) is 3.07. The van der Waals surface area contributed by atoms with Gasteiger partial charge in [-0.15, -0.1) is 12.4 Å². The van der Waals surface area contributed by atoms with E-state index in [-0.39, 0.29) is 18.1 Å². The predicted octanol–water partition coefficient (Wildman–Crippen LogP) is 0.849. The normalized spacial score (nSPS) is 8.91. The molecule has 0 radical (unpaired) electrons. The summed E-state index contributed by atoms with van der Waals surface area (Å²) >= 11 is 0. The van der Waals surface area contributed by atoms with Crippen LogP contribution in [0, 0.1) is 6.92 Å². The number of carboxylic acid groups (broad SMARTS) is 1. The van der Waals surface area contributed by atoms with Crippen molar-refractivity contribution in [3.8, 4) is 0 Å². The minimum Gasteiger partial charge on any atom is -0.476 e. The number of hydrogen-bond donors (Lipinski definition) is 1. The van der Waals surface area contributed by atoms with Gasteiger partial charge in [-0.05, 0) is 6.92 Å². The Morgan fingerprint density at radius 3 is 2.45 bits per heavy atom. The Bertz CT molecular complexity index is 270. The molecular weight excluding hydrogens is 168 g/mol. The Balaban J connectivity index is 0.000001000. The van der Waals surface area contributed by atoms with Crippen molar-refractivity contribution in [1.29, 1.82) is 0 Å². The first-order valence-corrected chi connectivity index (χ1v) is 2.84. The molecule has 0 saturated carbocycles. The number of aromatic carboxylic acids is 1. The van der Waals surface area contributed by atoms with Gasteiger partial charge in [-0.2, -0.15) is 0 Å². The first-order valence-electron chi connectivity index (χ1n) is 2.84. The van der Waals surface area contributed by atoms with E-state index in [1.54, 1.807) is 18.5 Å².